The van der Waals surface area contributed by atoms with Crippen LogP contribution in [0.3, 0.4) is 0 Å². The molecule has 3 aliphatic rings. The molecule has 0 bridgehead atoms. The fourth-order valence-electron chi connectivity index (χ4n) is 4.59. The zero-order valence-corrected chi connectivity index (χ0v) is 12.2. The number of hydrogen-bond donors (Lipinski definition) is 3. The summed E-state index contributed by atoms with van der Waals surface area (Å²) >= 11 is 0. The van der Waals surface area contributed by atoms with Gasteiger partial charge in [0.05, 0.1) is 5.60 Å². The number of carbonyl (C=O) groups excluding carboxylic acids is 1. The average Bonchev–Trinajstić information content (AvgIpc) is 2.91. The van der Waals surface area contributed by atoms with Crippen LogP contribution in [0.4, 0.5) is 0 Å². The van der Waals surface area contributed by atoms with Gasteiger partial charge in [-0.3, -0.25) is 9.89 Å². The smallest absolute Gasteiger partial charge is 0.273 e. The molecule has 114 valence electrons. The molecule has 1 saturated heterocycles. The number of hydrogen-bond acceptors (Lipinski definition) is 4. The third-order valence-electron chi connectivity index (χ3n) is 5.72. The lowest BCUT2D eigenvalue weighted by atomic mass is 9.53. The summed E-state index contributed by atoms with van der Waals surface area (Å²) in [6, 6.07) is 0.142. The minimum atomic E-state index is -0.267. The van der Waals surface area contributed by atoms with E-state index in [1.165, 1.54) is 0 Å². The molecule has 6 nitrogen and oxygen atoms in total. The molecule has 3 fully saturated rings. The summed E-state index contributed by atoms with van der Waals surface area (Å²) in [6.07, 6.45) is 5.52. The summed E-state index contributed by atoms with van der Waals surface area (Å²) in [7, 11) is 0. The normalized spacial score (nSPS) is 37.5. The van der Waals surface area contributed by atoms with E-state index in [1.54, 1.807) is 6.92 Å². The molecule has 0 radical (unpaired) electrons. The number of ether oxygens (including phenoxy) is 1. The summed E-state index contributed by atoms with van der Waals surface area (Å²) in [6.45, 7) is 2.53. The van der Waals surface area contributed by atoms with Crippen LogP contribution < -0.4 is 5.32 Å². The van der Waals surface area contributed by atoms with Gasteiger partial charge in [0.25, 0.3) is 5.91 Å². The van der Waals surface area contributed by atoms with Crippen LogP contribution in [-0.4, -0.2) is 39.5 Å². The average molecular weight is 291 g/mol. The molecular weight excluding hydrogens is 270 g/mol. The second-order valence-electron chi connectivity index (χ2n) is 6.64. The van der Waals surface area contributed by atoms with Crippen molar-refractivity contribution in [1.82, 2.24) is 15.5 Å². The quantitative estimate of drug-likeness (QED) is 0.770. The fourth-order valence-corrected chi connectivity index (χ4v) is 4.59. The van der Waals surface area contributed by atoms with Crippen LogP contribution in [-0.2, 0) is 4.74 Å². The van der Waals surface area contributed by atoms with Crippen molar-refractivity contribution < 1.29 is 14.6 Å². The number of amides is 1. The predicted molar refractivity (Wildman–Crippen MR) is 75.0 cm³/mol. The van der Waals surface area contributed by atoms with Gasteiger partial charge >= 0.3 is 0 Å². The summed E-state index contributed by atoms with van der Waals surface area (Å²) in [4.78, 5) is 12.3. The molecule has 4 rings (SSSR count). The summed E-state index contributed by atoms with van der Waals surface area (Å²) in [5, 5.41) is 19.4. The van der Waals surface area contributed by atoms with Gasteiger partial charge in [0, 0.05) is 18.6 Å². The van der Waals surface area contributed by atoms with Gasteiger partial charge in [-0.15, -0.1) is 0 Å². The van der Waals surface area contributed by atoms with Crippen LogP contribution in [0.2, 0.25) is 0 Å². The van der Waals surface area contributed by atoms with Gasteiger partial charge in [-0.2, -0.15) is 5.10 Å². The summed E-state index contributed by atoms with van der Waals surface area (Å²) < 4.78 is 6.07. The first-order valence-corrected chi connectivity index (χ1v) is 7.80. The van der Waals surface area contributed by atoms with Crippen molar-refractivity contribution in [1.29, 1.82) is 0 Å². The van der Waals surface area contributed by atoms with Crippen molar-refractivity contribution in [3.8, 4) is 5.75 Å². The zero-order chi connectivity index (χ0) is 14.6. The van der Waals surface area contributed by atoms with Gasteiger partial charge in [-0.05, 0) is 44.9 Å². The fraction of sp³-hybridized carbons (Fsp3) is 0.733. The van der Waals surface area contributed by atoms with Crippen molar-refractivity contribution in [2.75, 3.05) is 6.61 Å². The van der Waals surface area contributed by atoms with E-state index < -0.39 is 0 Å². The lowest BCUT2D eigenvalue weighted by molar-refractivity contribution is -0.166. The summed E-state index contributed by atoms with van der Waals surface area (Å²) in [5.41, 5.74) is 0.640. The Morgan fingerprint density at radius 2 is 2.38 bits per heavy atom. The number of carbonyl (C=O) groups is 1. The highest BCUT2D eigenvalue weighted by Crippen LogP contribution is 2.59. The van der Waals surface area contributed by atoms with Gasteiger partial charge < -0.3 is 15.2 Å². The highest BCUT2D eigenvalue weighted by molar-refractivity contribution is 5.95. The first kappa shape index (κ1) is 13.1. The Morgan fingerprint density at radius 3 is 3.10 bits per heavy atom. The predicted octanol–water partition coefficient (Wildman–Crippen LogP) is 1.50. The second-order valence-corrected chi connectivity index (χ2v) is 6.64. The Morgan fingerprint density at radius 1 is 1.52 bits per heavy atom. The maximum Gasteiger partial charge on any atom is 0.273 e. The van der Waals surface area contributed by atoms with E-state index in [0.717, 1.165) is 38.7 Å². The van der Waals surface area contributed by atoms with Gasteiger partial charge in [-0.25, -0.2) is 0 Å². The van der Waals surface area contributed by atoms with Crippen LogP contribution in [0.25, 0.3) is 0 Å². The molecule has 2 heterocycles. The van der Waals surface area contributed by atoms with E-state index in [0.29, 0.717) is 17.5 Å². The molecule has 2 aliphatic carbocycles. The first-order valence-electron chi connectivity index (χ1n) is 7.80. The maximum absolute atomic E-state index is 12.3. The minimum Gasteiger partial charge on any atom is -0.504 e. The topological polar surface area (TPSA) is 87.2 Å². The van der Waals surface area contributed by atoms with Crippen LogP contribution >= 0.6 is 0 Å². The molecule has 21 heavy (non-hydrogen) atoms. The van der Waals surface area contributed by atoms with Gasteiger partial charge in [0.15, 0.2) is 11.4 Å². The molecule has 1 aromatic rings. The molecule has 1 amide bonds. The zero-order valence-electron chi connectivity index (χ0n) is 12.2. The van der Waals surface area contributed by atoms with Gasteiger partial charge in [0.1, 0.15) is 5.69 Å². The third-order valence-corrected chi connectivity index (χ3v) is 5.72. The number of aromatic nitrogens is 2. The lowest BCUT2D eigenvalue weighted by Gasteiger charge is -2.57. The first-order chi connectivity index (χ1) is 10.1. The Labute approximate surface area is 123 Å². The van der Waals surface area contributed by atoms with E-state index in [-0.39, 0.29) is 29.0 Å². The molecule has 4 atom stereocenters. The number of nitrogens with zero attached hydrogens (tertiary/aromatic N) is 1. The standard InChI is InChI=1S/C15H21N3O3/c1-8-13(19)12(18-17-8)14(20)16-11-3-2-5-15-9(4-6-21-15)7-10(11)15/h9-11,19H,2-7H2,1H3,(H,16,20)(H,17,18). The van der Waals surface area contributed by atoms with E-state index in [4.69, 9.17) is 4.74 Å². The Bertz CT molecular complexity index is 585. The van der Waals surface area contributed by atoms with Crippen molar-refractivity contribution in [2.45, 2.75) is 50.7 Å². The molecule has 3 N–H and O–H groups in total. The van der Waals surface area contributed by atoms with Gasteiger partial charge in [0.2, 0.25) is 0 Å². The monoisotopic (exact) mass is 291 g/mol. The van der Waals surface area contributed by atoms with E-state index in [1.807, 2.05) is 0 Å². The van der Waals surface area contributed by atoms with Crippen molar-refractivity contribution >= 4 is 5.91 Å². The highest BCUT2D eigenvalue weighted by Gasteiger charge is 2.62. The second kappa shape index (κ2) is 4.47. The third kappa shape index (κ3) is 1.75. The summed E-state index contributed by atoms with van der Waals surface area (Å²) in [5.74, 6) is 0.789. The molecule has 4 unspecified atom stereocenters. The van der Waals surface area contributed by atoms with Crippen LogP contribution in [0.1, 0.15) is 48.3 Å². The van der Waals surface area contributed by atoms with Gasteiger partial charge in [-0.1, -0.05) is 0 Å². The maximum atomic E-state index is 12.3. The van der Waals surface area contributed by atoms with Crippen LogP contribution in [0.15, 0.2) is 0 Å². The molecule has 1 aliphatic heterocycles. The number of H-pyrrole nitrogens is 1. The Hall–Kier alpha value is -1.56. The van der Waals surface area contributed by atoms with Crippen molar-refractivity contribution in [3.05, 3.63) is 11.4 Å². The molecule has 1 spiro atoms. The van der Waals surface area contributed by atoms with E-state index >= 15 is 0 Å². The largest absolute Gasteiger partial charge is 0.504 e. The molecule has 6 heteroatoms. The Balaban J connectivity index is 1.50. The van der Waals surface area contributed by atoms with Crippen molar-refractivity contribution in [2.24, 2.45) is 11.8 Å². The van der Waals surface area contributed by atoms with E-state index in [9.17, 15) is 9.90 Å². The molecule has 0 aromatic carbocycles. The van der Waals surface area contributed by atoms with Crippen molar-refractivity contribution in [3.63, 3.8) is 0 Å². The lowest BCUT2D eigenvalue weighted by Crippen LogP contribution is -2.63. The number of aromatic amines is 1. The number of rotatable bonds is 2. The highest BCUT2D eigenvalue weighted by atomic mass is 16.5. The van der Waals surface area contributed by atoms with E-state index in [2.05, 4.69) is 15.5 Å². The Kier molecular flexibility index (Phi) is 2.79. The SMILES string of the molecule is Cc1n[nH]c(C(=O)NC2CCCC34OCCC3CC24)c1O. The minimum absolute atomic E-state index is 0.0299. The molecule has 2 saturated carbocycles. The number of aryl methyl sites for hydroxylation is 1. The number of aromatic hydroxyl groups is 1. The number of nitrogens with one attached hydrogen (secondary N) is 2. The molecular formula is C15H21N3O3. The molecule has 1 aromatic heterocycles. The van der Waals surface area contributed by atoms with Crippen LogP contribution in [0.5, 0.6) is 5.75 Å². The van der Waals surface area contributed by atoms with Crippen LogP contribution in [0, 0.1) is 18.8 Å².